The van der Waals surface area contributed by atoms with Crippen molar-refractivity contribution in [3.8, 4) is 24.0 Å². The minimum absolute atomic E-state index is 0.148. The number of halogens is 1. The summed E-state index contributed by atoms with van der Waals surface area (Å²) in [6.45, 7) is -1.55. The Morgan fingerprint density at radius 1 is 1.24 bits per heavy atom. The fraction of sp³-hybridized carbons (Fsp3) is 0.231. The molecular weight excluding hydrogens is 297 g/mol. The highest BCUT2D eigenvalue weighted by Gasteiger charge is 2.26. The summed E-state index contributed by atoms with van der Waals surface area (Å²) in [6.07, 6.45) is 0. The molecule has 0 radical (unpaired) electrons. The Kier molecular flexibility index (Phi) is 5.83. The summed E-state index contributed by atoms with van der Waals surface area (Å²) in [5.41, 5.74) is -0.148. The predicted octanol–water partition coefficient (Wildman–Crippen LogP) is 0.207. The van der Waals surface area contributed by atoms with E-state index in [1.807, 2.05) is 0 Å². The molecule has 1 aromatic carbocycles. The summed E-state index contributed by atoms with van der Waals surface area (Å²) in [7, 11) is -4.17. The van der Waals surface area contributed by atoms with Crippen molar-refractivity contribution in [1.82, 2.24) is 4.31 Å². The van der Waals surface area contributed by atoms with Crippen LogP contribution in [0, 0.1) is 40.3 Å². The Bertz CT molecular complexity index is 751. The molecule has 1 N–H and O–H groups in total. The van der Waals surface area contributed by atoms with Crippen LogP contribution in [0.2, 0.25) is 0 Å². The molecule has 1 aromatic rings. The van der Waals surface area contributed by atoms with Gasteiger partial charge in [-0.15, -0.1) is 0 Å². The number of rotatable bonds is 4. The van der Waals surface area contributed by atoms with E-state index < -0.39 is 35.5 Å². The van der Waals surface area contributed by atoms with Crippen molar-refractivity contribution >= 4 is 10.0 Å². The number of nitriles is 2. The third kappa shape index (κ3) is 4.01. The largest absolute Gasteiger partial charge is 0.384 e. The maximum absolute atomic E-state index is 13.2. The van der Waals surface area contributed by atoms with E-state index in [4.69, 9.17) is 15.6 Å². The Balaban J connectivity index is 3.44. The van der Waals surface area contributed by atoms with Gasteiger partial charge in [-0.25, -0.2) is 12.8 Å². The minimum Gasteiger partial charge on any atom is -0.384 e. The van der Waals surface area contributed by atoms with Crippen LogP contribution in [0.4, 0.5) is 4.39 Å². The highest BCUT2D eigenvalue weighted by atomic mass is 32.2. The normalized spacial score (nSPS) is 10.3. The molecular formula is C13H10FN3O3S. The van der Waals surface area contributed by atoms with Gasteiger partial charge in [0.05, 0.1) is 17.0 Å². The smallest absolute Gasteiger partial charge is 0.246 e. The van der Waals surface area contributed by atoms with E-state index in [0.29, 0.717) is 4.31 Å². The van der Waals surface area contributed by atoms with E-state index in [9.17, 15) is 12.8 Å². The molecule has 0 unspecified atom stereocenters. The van der Waals surface area contributed by atoms with E-state index in [2.05, 4.69) is 11.8 Å². The SMILES string of the molecule is N#CCN(CC#N)S(=O)(=O)c1ccc(F)cc1C#CCO. The summed E-state index contributed by atoms with van der Waals surface area (Å²) >= 11 is 0. The van der Waals surface area contributed by atoms with Gasteiger partial charge in [0.25, 0.3) is 0 Å². The molecule has 1 rings (SSSR count). The standard InChI is InChI=1S/C13H10FN3O3S/c14-12-3-4-13(11(10-12)2-1-9-18)21(19,20)17(7-5-15)8-6-16/h3-4,10,18H,7-9H2. The maximum Gasteiger partial charge on any atom is 0.246 e. The zero-order valence-corrected chi connectivity index (χ0v) is 11.6. The summed E-state index contributed by atoms with van der Waals surface area (Å²) in [5, 5.41) is 25.9. The summed E-state index contributed by atoms with van der Waals surface area (Å²) < 4.78 is 38.6. The molecule has 0 saturated heterocycles. The monoisotopic (exact) mass is 307 g/mol. The molecule has 0 aliphatic heterocycles. The molecule has 0 amide bonds. The van der Waals surface area contributed by atoms with Crippen LogP contribution in [0.3, 0.4) is 0 Å². The van der Waals surface area contributed by atoms with Crippen molar-refractivity contribution in [2.24, 2.45) is 0 Å². The minimum atomic E-state index is -4.17. The second-order valence-corrected chi connectivity index (χ2v) is 5.60. The van der Waals surface area contributed by atoms with Gasteiger partial charge in [0, 0.05) is 5.56 Å². The lowest BCUT2D eigenvalue weighted by atomic mass is 10.2. The van der Waals surface area contributed by atoms with E-state index in [1.165, 1.54) is 0 Å². The van der Waals surface area contributed by atoms with E-state index in [1.54, 1.807) is 12.1 Å². The molecule has 108 valence electrons. The van der Waals surface area contributed by atoms with Crippen LogP contribution in [-0.2, 0) is 10.0 Å². The van der Waals surface area contributed by atoms with Crippen LogP contribution in [0.15, 0.2) is 23.1 Å². The molecule has 0 aliphatic rings. The number of aliphatic hydroxyl groups is 1. The van der Waals surface area contributed by atoms with Gasteiger partial charge in [-0.05, 0) is 18.2 Å². The van der Waals surface area contributed by atoms with Crippen LogP contribution < -0.4 is 0 Å². The van der Waals surface area contributed by atoms with Crippen molar-refractivity contribution in [3.05, 3.63) is 29.6 Å². The molecule has 0 atom stereocenters. The van der Waals surface area contributed by atoms with E-state index >= 15 is 0 Å². The first kappa shape index (κ1) is 16.6. The quantitative estimate of drug-likeness (QED) is 0.632. The first-order valence-corrected chi connectivity index (χ1v) is 7.04. The Labute approximate surface area is 121 Å². The Morgan fingerprint density at radius 3 is 2.38 bits per heavy atom. The fourth-order valence-electron chi connectivity index (χ4n) is 1.48. The van der Waals surface area contributed by atoms with Gasteiger partial charge in [-0.2, -0.15) is 14.8 Å². The molecule has 0 aromatic heterocycles. The third-order valence-corrected chi connectivity index (χ3v) is 4.21. The summed E-state index contributed by atoms with van der Waals surface area (Å²) in [4.78, 5) is -0.324. The molecule has 0 spiro atoms. The van der Waals surface area contributed by atoms with Gasteiger partial charge in [-0.3, -0.25) is 0 Å². The molecule has 6 nitrogen and oxygen atoms in total. The van der Waals surface area contributed by atoms with Gasteiger partial charge in [0.1, 0.15) is 25.5 Å². The molecule has 0 aliphatic carbocycles. The molecule has 21 heavy (non-hydrogen) atoms. The Hall–Kier alpha value is -2.44. The Morgan fingerprint density at radius 2 is 1.86 bits per heavy atom. The fourth-order valence-corrected chi connectivity index (χ4v) is 2.84. The second kappa shape index (κ2) is 7.37. The van der Waals surface area contributed by atoms with Crippen LogP contribution >= 0.6 is 0 Å². The molecule has 8 heteroatoms. The molecule has 0 saturated carbocycles. The number of hydrogen-bond acceptors (Lipinski definition) is 5. The number of nitrogens with zero attached hydrogens (tertiary/aromatic N) is 3. The van der Waals surface area contributed by atoms with Gasteiger partial charge < -0.3 is 5.11 Å². The average Bonchev–Trinajstić information content (AvgIpc) is 2.44. The van der Waals surface area contributed by atoms with Crippen molar-refractivity contribution < 1.29 is 17.9 Å². The zero-order chi connectivity index (χ0) is 15.9. The first-order chi connectivity index (χ1) is 9.97. The van der Waals surface area contributed by atoms with Crippen LogP contribution in [0.5, 0.6) is 0 Å². The van der Waals surface area contributed by atoms with Crippen LogP contribution in [0.25, 0.3) is 0 Å². The maximum atomic E-state index is 13.2. The third-order valence-electron chi connectivity index (χ3n) is 2.36. The highest BCUT2D eigenvalue weighted by molar-refractivity contribution is 7.89. The molecule has 0 fully saturated rings. The van der Waals surface area contributed by atoms with Crippen molar-refractivity contribution in [3.63, 3.8) is 0 Å². The summed E-state index contributed by atoms with van der Waals surface area (Å²) in [6, 6.07) is 6.15. The van der Waals surface area contributed by atoms with Crippen molar-refractivity contribution in [2.75, 3.05) is 19.7 Å². The van der Waals surface area contributed by atoms with Gasteiger partial charge in [0.2, 0.25) is 10.0 Å². The first-order valence-electron chi connectivity index (χ1n) is 5.60. The van der Waals surface area contributed by atoms with Crippen molar-refractivity contribution in [2.45, 2.75) is 4.90 Å². The lowest BCUT2D eigenvalue weighted by Crippen LogP contribution is -2.32. The van der Waals surface area contributed by atoms with Crippen LogP contribution in [-0.4, -0.2) is 37.5 Å². The van der Waals surface area contributed by atoms with E-state index in [-0.39, 0.29) is 10.5 Å². The summed E-state index contributed by atoms with van der Waals surface area (Å²) in [5.74, 6) is 3.88. The molecule has 0 bridgehead atoms. The van der Waals surface area contributed by atoms with E-state index in [0.717, 1.165) is 18.2 Å². The highest BCUT2D eigenvalue weighted by Crippen LogP contribution is 2.20. The number of sulfonamides is 1. The number of hydrogen-bond donors (Lipinski definition) is 1. The average molecular weight is 307 g/mol. The zero-order valence-electron chi connectivity index (χ0n) is 10.7. The van der Waals surface area contributed by atoms with Gasteiger partial charge >= 0.3 is 0 Å². The second-order valence-electron chi connectivity index (χ2n) is 3.69. The molecule has 0 heterocycles. The number of benzene rings is 1. The van der Waals surface area contributed by atoms with Gasteiger partial charge in [0.15, 0.2) is 0 Å². The lowest BCUT2D eigenvalue weighted by molar-refractivity contribution is 0.350. The topological polar surface area (TPSA) is 105 Å². The number of aliphatic hydroxyl groups excluding tert-OH is 1. The predicted molar refractivity (Wildman–Crippen MR) is 70.3 cm³/mol. The van der Waals surface area contributed by atoms with Gasteiger partial charge in [-0.1, -0.05) is 11.8 Å². The lowest BCUT2D eigenvalue weighted by Gasteiger charge is -2.17. The van der Waals surface area contributed by atoms with Crippen LogP contribution in [0.1, 0.15) is 5.56 Å². The van der Waals surface area contributed by atoms with Crippen molar-refractivity contribution in [1.29, 1.82) is 10.5 Å².